The maximum atomic E-state index is 9.41. The Morgan fingerprint density at radius 1 is 1.10 bits per heavy atom. The number of aromatic nitrogens is 2. The molecule has 29 heavy (non-hydrogen) atoms. The van der Waals surface area contributed by atoms with Crippen molar-refractivity contribution in [2.24, 2.45) is 4.99 Å². The first-order chi connectivity index (χ1) is 14.0. The van der Waals surface area contributed by atoms with Crippen LogP contribution in [-0.4, -0.2) is 34.5 Å². The lowest BCUT2D eigenvalue weighted by atomic mass is 9.93. The van der Waals surface area contributed by atoms with Crippen molar-refractivity contribution in [2.75, 3.05) is 6.44 Å². The molecule has 1 N–H and O–H groups in total. The number of aliphatic imine (C=N–C) groups is 1. The van der Waals surface area contributed by atoms with E-state index in [0.717, 1.165) is 44.8 Å². The predicted octanol–water partition coefficient (Wildman–Crippen LogP) is 4.31. The summed E-state index contributed by atoms with van der Waals surface area (Å²) in [6.45, 7) is 4.18. The van der Waals surface area contributed by atoms with Gasteiger partial charge in [-0.1, -0.05) is 42.8 Å². The highest BCUT2D eigenvalue weighted by Gasteiger charge is 2.23. The molecule has 2 aromatic heterocycles. The maximum absolute atomic E-state index is 9.41. The van der Waals surface area contributed by atoms with Crippen LogP contribution in [0.15, 0.2) is 41.4 Å². The van der Waals surface area contributed by atoms with Crippen molar-refractivity contribution in [1.82, 2.24) is 9.97 Å². The van der Waals surface area contributed by atoms with Gasteiger partial charge >= 0.3 is 7.12 Å². The van der Waals surface area contributed by atoms with Crippen molar-refractivity contribution in [3.05, 3.63) is 68.8 Å². The zero-order valence-corrected chi connectivity index (χ0v) is 17.9. The molecule has 0 saturated heterocycles. The van der Waals surface area contributed by atoms with Gasteiger partial charge in [-0.2, -0.15) is 0 Å². The minimum atomic E-state index is -0.801. The normalized spacial score (nSPS) is 13.5. The summed E-state index contributed by atoms with van der Waals surface area (Å²) in [5.74, 6) is 1.32. The van der Waals surface area contributed by atoms with E-state index >= 15 is 0 Å². The van der Waals surface area contributed by atoms with Crippen LogP contribution < -0.4 is 0 Å². The number of hydrogen-bond acceptors (Lipinski definition) is 6. The molecule has 0 atom stereocenters. The van der Waals surface area contributed by atoms with Gasteiger partial charge in [-0.15, -0.1) is 11.3 Å². The van der Waals surface area contributed by atoms with Gasteiger partial charge < -0.3 is 9.68 Å². The third-order valence-corrected chi connectivity index (χ3v) is 6.12. The molecule has 148 valence electrons. The van der Waals surface area contributed by atoms with Gasteiger partial charge in [0.2, 0.25) is 0 Å². The number of hydrogen-bond donors (Lipinski definition) is 1. The lowest BCUT2D eigenvalue weighted by Crippen LogP contribution is -2.18. The molecule has 0 aliphatic carbocycles. The molecule has 1 aliphatic rings. The molecular formula is C21H21BClN3O2S. The molecule has 0 fully saturated rings. The van der Waals surface area contributed by atoms with Crippen molar-refractivity contribution < 1.29 is 9.68 Å². The van der Waals surface area contributed by atoms with Crippen molar-refractivity contribution >= 4 is 36.0 Å². The molecule has 5 nitrogen and oxygen atoms in total. The Morgan fingerprint density at radius 3 is 2.41 bits per heavy atom. The Hall–Kier alpha value is -2.22. The minimum absolute atomic E-state index is 0.318. The number of rotatable bonds is 6. The van der Waals surface area contributed by atoms with Gasteiger partial charge in [0, 0.05) is 18.5 Å². The molecule has 0 spiro atoms. The molecular weight excluding hydrogens is 405 g/mol. The number of thiophene rings is 1. The molecule has 0 unspecified atom stereocenters. The lowest BCUT2D eigenvalue weighted by molar-refractivity contribution is 0.422. The van der Waals surface area contributed by atoms with Gasteiger partial charge in [-0.3, -0.25) is 4.99 Å². The standard InChI is InChI=1S/C21H21BClN3O2S/c1-3-16-13(2)25-21(18-8-9-19(23)29-18)26-17(16)10-14-4-6-15(7-5-14)11-20-24-12-22(27)28-20/h4-9,27H,3,10-12H2,1-2H3. The average Bonchev–Trinajstić information content (AvgIpc) is 3.31. The van der Waals surface area contributed by atoms with E-state index in [4.69, 9.17) is 26.2 Å². The minimum Gasteiger partial charge on any atom is -0.524 e. The van der Waals surface area contributed by atoms with Crippen molar-refractivity contribution in [3.63, 3.8) is 0 Å². The lowest BCUT2D eigenvalue weighted by Gasteiger charge is -2.12. The summed E-state index contributed by atoms with van der Waals surface area (Å²) in [6, 6.07) is 12.2. The predicted molar refractivity (Wildman–Crippen MR) is 119 cm³/mol. The zero-order valence-electron chi connectivity index (χ0n) is 16.4. The van der Waals surface area contributed by atoms with E-state index < -0.39 is 7.12 Å². The highest BCUT2D eigenvalue weighted by Crippen LogP contribution is 2.30. The van der Waals surface area contributed by atoms with Gasteiger partial charge in [-0.05, 0) is 42.2 Å². The summed E-state index contributed by atoms with van der Waals surface area (Å²) in [5.41, 5.74) is 5.56. The second kappa shape index (κ2) is 8.65. The van der Waals surface area contributed by atoms with E-state index in [9.17, 15) is 5.02 Å². The van der Waals surface area contributed by atoms with E-state index in [1.807, 2.05) is 19.1 Å². The second-order valence-corrected chi connectivity index (χ2v) is 8.71. The first-order valence-electron chi connectivity index (χ1n) is 9.59. The molecule has 4 rings (SSSR count). The summed E-state index contributed by atoms with van der Waals surface area (Å²) in [7, 11) is -0.801. The van der Waals surface area contributed by atoms with Crippen LogP contribution in [0.5, 0.6) is 0 Å². The Labute approximate surface area is 179 Å². The summed E-state index contributed by atoms with van der Waals surface area (Å²) >= 11 is 7.59. The number of halogens is 1. The highest BCUT2D eigenvalue weighted by atomic mass is 35.5. The summed E-state index contributed by atoms with van der Waals surface area (Å²) in [6.07, 6.45) is 2.55. The molecule has 3 aromatic rings. The number of aryl methyl sites for hydroxylation is 1. The first kappa shape index (κ1) is 20.1. The van der Waals surface area contributed by atoms with E-state index in [-0.39, 0.29) is 0 Å². The van der Waals surface area contributed by atoms with Crippen LogP contribution in [0.3, 0.4) is 0 Å². The zero-order chi connectivity index (χ0) is 20.4. The molecule has 1 aromatic carbocycles. The Kier molecular flexibility index (Phi) is 5.99. The van der Waals surface area contributed by atoms with Crippen LogP contribution in [0.2, 0.25) is 4.34 Å². The quantitative estimate of drug-likeness (QED) is 0.598. The van der Waals surface area contributed by atoms with Crippen LogP contribution >= 0.6 is 22.9 Å². The third kappa shape index (κ3) is 4.69. The van der Waals surface area contributed by atoms with Crippen molar-refractivity contribution in [1.29, 1.82) is 0 Å². The average molecular weight is 426 g/mol. The van der Waals surface area contributed by atoms with E-state index in [0.29, 0.717) is 18.8 Å². The highest BCUT2D eigenvalue weighted by molar-refractivity contribution is 7.19. The molecule has 0 radical (unpaired) electrons. The van der Waals surface area contributed by atoms with Gasteiger partial charge in [-0.25, -0.2) is 9.97 Å². The Morgan fingerprint density at radius 2 is 1.83 bits per heavy atom. The number of benzene rings is 1. The van der Waals surface area contributed by atoms with E-state index in [1.54, 1.807) is 0 Å². The third-order valence-electron chi connectivity index (χ3n) is 4.89. The molecule has 1 aliphatic heterocycles. The fourth-order valence-electron chi connectivity index (χ4n) is 3.46. The van der Waals surface area contributed by atoms with Crippen molar-refractivity contribution in [3.8, 4) is 10.7 Å². The molecule has 0 saturated carbocycles. The van der Waals surface area contributed by atoms with Gasteiger partial charge in [0.25, 0.3) is 0 Å². The topological polar surface area (TPSA) is 67.6 Å². The number of nitrogens with zero attached hydrogens (tertiary/aromatic N) is 3. The van der Waals surface area contributed by atoms with Crippen molar-refractivity contribution in [2.45, 2.75) is 33.1 Å². The summed E-state index contributed by atoms with van der Waals surface area (Å²) in [5, 5.41) is 9.41. The summed E-state index contributed by atoms with van der Waals surface area (Å²) < 4.78 is 6.01. The maximum Gasteiger partial charge on any atom is 0.546 e. The largest absolute Gasteiger partial charge is 0.546 e. The molecule has 0 bridgehead atoms. The van der Waals surface area contributed by atoms with Gasteiger partial charge in [0.1, 0.15) is 0 Å². The summed E-state index contributed by atoms with van der Waals surface area (Å²) in [4.78, 5) is 14.7. The monoisotopic (exact) mass is 425 g/mol. The van der Waals surface area contributed by atoms with Crippen LogP contribution in [0, 0.1) is 6.92 Å². The smallest absolute Gasteiger partial charge is 0.524 e. The fourth-order valence-corrected chi connectivity index (χ4v) is 4.44. The van der Waals surface area contributed by atoms with E-state index in [1.165, 1.54) is 22.5 Å². The van der Waals surface area contributed by atoms with E-state index in [2.05, 4.69) is 36.2 Å². The second-order valence-electron chi connectivity index (χ2n) is 6.99. The van der Waals surface area contributed by atoms with Crippen LogP contribution in [0.4, 0.5) is 0 Å². The van der Waals surface area contributed by atoms with Gasteiger partial charge in [0.05, 0.1) is 21.4 Å². The van der Waals surface area contributed by atoms with Crippen LogP contribution in [-0.2, 0) is 23.9 Å². The Balaban J connectivity index is 1.55. The first-order valence-corrected chi connectivity index (χ1v) is 10.8. The SMILES string of the molecule is CCc1c(C)nc(-c2ccc(Cl)s2)nc1Cc1ccc(CC2=NCB(O)O2)cc1. The van der Waals surface area contributed by atoms with Crippen LogP contribution in [0.25, 0.3) is 10.7 Å². The fraction of sp³-hybridized carbons (Fsp3) is 0.286. The van der Waals surface area contributed by atoms with Crippen LogP contribution in [0.1, 0.15) is 35.0 Å². The molecule has 0 amide bonds. The molecule has 8 heteroatoms. The van der Waals surface area contributed by atoms with Gasteiger partial charge in [0.15, 0.2) is 11.7 Å². The Bertz CT molecular complexity index is 1050. The molecule has 3 heterocycles.